The molecule has 0 aromatic heterocycles. The molecule has 0 aliphatic carbocycles. The Morgan fingerprint density at radius 2 is 1.71 bits per heavy atom. The van der Waals surface area contributed by atoms with E-state index in [2.05, 4.69) is 4.90 Å². The number of nitrogens with zero attached hydrogens (tertiary/aromatic N) is 3. The smallest absolute Gasteiger partial charge is 0.256 e. The molecule has 0 radical (unpaired) electrons. The first kappa shape index (κ1) is 25.4. The summed E-state index contributed by atoms with van der Waals surface area (Å²) in [5.41, 5.74) is -0.809. The predicted molar refractivity (Wildman–Crippen MR) is 130 cm³/mol. The van der Waals surface area contributed by atoms with Crippen LogP contribution in [0.4, 0.5) is 8.78 Å². The molecule has 2 fully saturated rings. The molecule has 0 saturated carbocycles. The number of piperidine rings is 1. The van der Waals surface area contributed by atoms with Gasteiger partial charge in [0.05, 0.1) is 12.2 Å². The molecule has 1 atom stereocenters. The predicted octanol–water partition coefficient (Wildman–Crippen LogP) is 4.08. The first-order chi connectivity index (χ1) is 16.7. The molecule has 2 aliphatic rings. The summed E-state index contributed by atoms with van der Waals surface area (Å²) in [6, 6.07) is 9.94. The van der Waals surface area contributed by atoms with Gasteiger partial charge in [-0.15, -0.1) is 0 Å². The van der Waals surface area contributed by atoms with Crippen molar-refractivity contribution in [3.05, 3.63) is 64.7 Å². The van der Waals surface area contributed by atoms with Crippen LogP contribution in [-0.4, -0.2) is 79.4 Å². The molecule has 2 aliphatic heterocycles. The molecule has 0 spiro atoms. The van der Waals surface area contributed by atoms with Crippen LogP contribution in [0.1, 0.15) is 29.6 Å². The first-order valence-corrected chi connectivity index (χ1v) is 12.2. The first-order valence-electron chi connectivity index (χ1n) is 11.8. The number of hydrogen-bond donors (Lipinski definition) is 0. The molecule has 2 amide bonds. The second kappa shape index (κ2) is 10.9. The topological polar surface area (TPSA) is 53.1 Å². The zero-order valence-electron chi connectivity index (χ0n) is 19.8. The molecule has 0 N–H and O–H groups in total. The number of hydrogen-bond acceptors (Lipinski definition) is 4. The lowest BCUT2D eigenvalue weighted by molar-refractivity contribution is -0.137. The average molecular weight is 506 g/mol. The van der Waals surface area contributed by atoms with Gasteiger partial charge in [0.1, 0.15) is 17.4 Å². The third kappa shape index (κ3) is 6.30. The van der Waals surface area contributed by atoms with Gasteiger partial charge in [-0.3, -0.25) is 9.59 Å². The Kier molecular flexibility index (Phi) is 7.91. The van der Waals surface area contributed by atoms with Crippen molar-refractivity contribution in [2.24, 2.45) is 5.41 Å². The van der Waals surface area contributed by atoms with Crippen LogP contribution in [0.2, 0.25) is 5.02 Å². The highest BCUT2D eigenvalue weighted by atomic mass is 35.5. The molecule has 2 aromatic carbocycles. The Hall–Kier alpha value is -2.71. The number of likely N-dealkylation sites (N-methyl/N-ethyl adjacent to an activating group) is 1. The van der Waals surface area contributed by atoms with E-state index in [9.17, 15) is 18.4 Å². The maximum Gasteiger partial charge on any atom is 0.256 e. The molecule has 188 valence electrons. The van der Waals surface area contributed by atoms with E-state index in [0.717, 1.165) is 19.2 Å². The number of carbonyl (C=O) groups excluding carboxylic acids is 2. The molecule has 4 rings (SSSR count). The van der Waals surface area contributed by atoms with Gasteiger partial charge in [0.15, 0.2) is 0 Å². The lowest BCUT2D eigenvalue weighted by Gasteiger charge is -2.43. The van der Waals surface area contributed by atoms with E-state index in [1.54, 1.807) is 29.2 Å². The van der Waals surface area contributed by atoms with Crippen LogP contribution in [-0.2, 0) is 4.79 Å². The molecule has 1 unspecified atom stereocenters. The molecule has 2 aromatic rings. The molecular formula is C26H30ClF2N3O3. The third-order valence-electron chi connectivity index (χ3n) is 6.85. The number of halogens is 3. The molecular weight excluding hydrogens is 476 g/mol. The summed E-state index contributed by atoms with van der Waals surface area (Å²) in [7, 11) is 2.03. The van der Waals surface area contributed by atoms with E-state index < -0.39 is 23.0 Å². The molecule has 6 nitrogen and oxygen atoms in total. The normalized spacial score (nSPS) is 21.1. The number of likely N-dealkylation sites (tertiary alicyclic amines) is 1. The monoisotopic (exact) mass is 505 g/mol. The summed E-state index contributed by atoms with van der Waals surface area (Å²) in [5.74, 6) is -1.49. The van der Waals surface area contributed by atoms with Crippen LogP contribution in [0.25, 0.3) is 0 Å². The van der Waals surface area contributed by atoms with Gasteiger partial charge in [-0.1, -0.05) is 11.6 Å². The van der Waals surface area contributed by atoms with Crippen LogP contribution in [0.15, 0.2) is 42.5 Å². The van der Waals surface area contributed by atoms with Crippen molar-refractivity contribution in [2.75, 3.05) is 52.9 Å². The standard InChI is InChI=1S/C26H30ClF2N3O3/c1-30-11-13-31(14-12-30)24(33)16-26(18-35-21-6-3-19(27)4-7-21)9-2-10-32(17-26)25(34)22-8-5-20(28)15-23(22)29/h3-8,15H,2,9-14,16-18H2,1H3. The Labute approximate surface area is 209 Å². The second-order valence-corrected chi connectivity index (χ2v) is 9.99. The number of benzene rings is 2. The Morgan fingerprint density at radius 3 is 2.40 bits per heavy atom. The highest BCUT2D eigenvalue weighted by molar-refractivity contribution is 6.30. The highest BCUT2D eigenvalue weighted by Crippen LogP contribution is 2.36. The van der Waals surface area contributed by atoms with Gasteiger partial charge >= 0.3 is 0 Å². The minimum absolute atomic E-state index is 0.0278. The van der Waals surface area contributed by atoms with Crippen molar-refractivity contribution < 1.29 is 23.1 Å². The van der Waals surface area contributed by atoms with Crippen molar-refractivity contribution in [3.8, 4) is 5.75 Å². The zero-order valence-corrected chi connectivity index (χ0v) is 20.6. The van der Waals surface area contributed by atoms with Crippen LogP contribution in [0.3, 0.4) is 0 Å². The van der Waals surface area contributed by atoms with Crippen LogP contribution in [0.5, 0.6) is 5.75 Å². The maximum atomic E-state index is 14.3. The Bertz CT molecular complexity index is 1060. The van der Waals surface area contributed by atoms with E-state index in [-0.39, 0.29) is 31.0 Å². The van der Waals surface area contributed by atoms with Gasteiger partial charge < -0.3 is 19.4 Å². The number of amides is 2. The molecule has 0 bridgehead atoms. The quantitative estimate of drug-likeness (QED) is 0.593. The Morgan fingerprint density at radius 1 is 1.00 bits per heavy atom. The van der Waals surface area contributed by atoms with Crippen molar-refractivity contribution in [1.82, 2.24) is 14.7 Å². The van der Waals surface area contributed by atoms with Crippen molar-refractivity contribution in [1.29, 1.82) is 0 Å². The fourth-order valence-electron chi connectivity index (χ4n) is 4.78. The maximum absolute atomic E-state index is 14.3. The van der Waals surface area contributed by atoms with Crippen LogP contribution in [0, 0.1) is 17.0 Å². The summed E-state index contributed by atoms with van der Waals surface area (Å²) in [6.45, 7) is 3.85. The van der Waals surface area contributed by atoms with Crippen LogP contribution >= 0.6 is 11.6 Å². The summed E-state index contributed by atoms with van der Waals surface area (Å²) in [6.07, 6.45) is 1.56. The SMILES string of the molecule is CN1CCN(C(=O)CC2(COc3ccc(Cl)cc3)CCCN(C(=O)c3ccc(F)cc3F)C2)CC1. The minimum Gasteiger partial charge on any atom is -0.493 e. The number of ether oxygens (including phenoxy) is 1. The molecule has 9 heteroatoms. The average Bonchev–Trinajstić information content (AvgIpc) is 2.84. The lowest BCUT2D eigenvalue weighted by atomic mass is 9.77. The lowest BCUT2D eigenvalue weighted by Crippen LogP contribution is -2.53. The summed E-state index contributed by atoms with van der Waals surface area (Å²) < 4.78 is 33.8. The second-order valence-electron chi connectivity index (χ2n) is 9.56. The summed E-state index contributed by atoms with van der Waals surface area (Å²) >= 11 is 5.98. The molecule has 35 heavy (non-hydrogen) atoms. The minimum atomic E-state index is -0.892. The van der Waals surface area contributed by atoms with Crippen molar-refractivity contribution >= 4 is 23.4 Å². The fraction of sp³-hybridized carbons (Fsp3) is 0.462. The van der Waals surface area contributed by atoms with Gasteiger partial charge in [0.25, 0.3) is 5.91 Å². The number of piperazine rings is 1. The number of carbonyl (C=O) groups is 2. The van der Waals surface area contributed by atoms with E-state index >= 15 is 0 Å². The fourth-order valence-corrected chi connectivity index (χ4v) is 4.91. The van der Waals surface area contributed by atoms with E-state index in [1.165, 1.54) is 6.07 Å². The summed E-state index contributed by atoms with van der Waals surface area (Å²) in [5, 5.41) is 0.591. The van der Waals surface area contributed by atoms with Gasteiger partial charge in [-0.25, -0.2) is 8.78 Å². The number of rotatable bonds is 6. The van der Waals surface area contributed by atoms with Gasteiger partial charge in [0, 0.05) is 62.2 Å². The summed E-state index contributed by atoms with van der Waals surface area (Å²) in [4.78, 5) is 32.1. The zero-order chi connectivity index (χ0) is 25.0. The van der Waals surface area contributed by atoms with Crippen molar-refractivity contribution in [2.45, 2.75) is 19.3 Å². The van der Waals surface area contributed by atoms with Gasteiger partial charge in [0.2, 0.25) is 5.91 Å². The highest BCUT2D eigenvalue weighted by Gasteiger charge is 2.41. The van der Waals surface area contributed by atoms with E-state index in [4.69, 9.17) is 16.3 Å². The molecule has 2 heterocycles. The van der Waals surface area contributed by atoms with Crippen molar-refractivity contribution in [3.63, 3.8) is 0 Å². The third-order valence-corrected chi connectivity index (χ3v) is 7.10. The van der Waals surface area contributed by atoms with E-state index in [0.29, 0.717) is 49.3 Å². The van der Waals surface area contributed by atoms with E-state index in [1.807, 2.05) is 11.9 Å². The largest absolute Gasteiger partial charge is 0.493 e. The van der Waals surface area contributed by atoms with Crippen LogP contribution < -0.4 is 4.74 Å². The Balaban J connectivity index is 1.54. The molecule has 2 saturated heterocycles. The van der Waals surface area contributed by atoms with Gasteiger partial charge in [-0.05, 0) is 56.3 Å². The van der Waals surface area contributed by atoms with Gasteiger partial charge in [-0.2, -0.15) is 0 Å².